The van der Waals surface area contributed by atoms with Gasteiger partial charge in [0.05, 0.1) is 10.6 Å². The highest BCUT2D eigenvalue weighted by Gasteiger charge is 2.15. The van der Waals surface area contributed by atoms with Gasteiger partial charge in [0.1, 0.15) is 11.6 Å². The lowest BCUT2D eigenvalue weighted by atomic mass is 10.1. The number of nitrogens with one attached hydrogen (secondary N) is 1. The number of amides is 1. The van der Waals surface area contributed by atoms with Crippen molar-refractivity contribution < 1.29 is 28.4 Å². The van der Waals surface area contributed by atoms with Gasteiger partial charge in [-0.05, 0) is 31.0 Å². The van der Waals surface area contributed by atoms with E-state index in [0.717, 1.165) is 29.3 Å². The Bertz CT molecular complexity index is 864. The number of carbonyl (C=O) groups excluding carboxylic acids is 2. The van der Waals surface area contributed by atoms with Crippen molar-refractivity contribution in [3.8, 4) is 5.75 Å². The molecule has 0 saturated heterocycles. The number of halogens is 1. The smallest absolute Gasteiger partial charge is 0.344 e. The molecule has 0 bridgehead atoms. The highest BCUT2D eigenvalue weighted by molar-refractivity contribution is 5.93. The second-order valence-corrected chi connectivity index (χ2v) is 5.64. The lowest BCUT2D eigenvalue weighted by molar-refractivity contribution is -0.384. The van der Waals surface area contributed by atoms with Crippen molar-refractivity contribution in [1.82, 2.24) is 0 Å². The van der Waals surface area contributed by atoms with E-state index in [1.807, 2.05) is 32.0 Å². The van der Waals surface area contributed by atoms with Crippen LogP contribution >= 0.6 is 0 Å². The number of anilines is 1. The van der Waals surface area contributed by atoms with Gasteiger partial charge in [-0.3, -0.25) is 14.9 Å². The largest absolute Gasteiger partial charge is 0.481 e. The summed E-state index contributed by atoms with van der Waals surface area (Å²) in [6.45, 7) is 2.57. The van der Waals surface area contributed by atoms with Gasteiger partial charge >= 0.3 is 5.97 Å². The molecule has 1 N–H and O–H groups in total. The molecule has 0 aliphatic carbocycles. The molecule has 0 unspecified atom stereocenters. The molecule has 1 amide bonds. The maximum absolute atomic E-state index is 13.6. The van der Waals surface area contributed by atoms with Gasteiger partial charge in [0.25, 0.3) is 11.6 Å². The highest BCUT2D eigenvalue weighted by Crippen LogP contribution is 2.22. The number of nitro benzene ring substituents is 1. The van der Waals surface area contributed by atoms with Crippen molar-refractivity contribution in [3.05, 3.63) is 63.5 Å². The number of non-ortho nitro benzene ring substituents is 1. The molecule has 0 radical (unpaired) electrons. The number of rotatable bonds is 7. The summed E-state index contributed by atoms with van der Waals surface area (Å²) >= 11 is 0. The molecule has 27 heavy (non-hydrogen) atoms. The predicted octanol–water partition coefficient (Wildman–Crippen LogP) is 2.91. The van der Waals surface area contributed by atoms with Gasteiger partial charge in [-0.2, -0.15) is 0 Å². The van der Waals surface area contributed by atoms with Crippen LogP contribution in [-0.2, 0) is 14.3 Å². The third kappa shape index (κ3) is 5.50. The molecule has 0 spiro atoms. The van der Waals surface area contributed by atoms with Crippen LogP contribution in [0.1, 0.15) is 11.1 Å². The first-order valence-electron chi connectivity index (χ1n) is 7.86. The maximum Gasteiger partial charge on any atom is 0.344 e. The zero-order valence-corrected chi connectivity index (χ0v) is 14.7. The lowest BCUT2D eigenvalue weighted by Crippen LogP contribution is -2.24. The minimum atomic E-state index is -0.848. The lowest BCUT2D eigenvalue weighted by Gasteiger charge is -2.11. The van der Waals surface area contributed by atoms with E-state index < -0.39 is 35.8 Å². The van der Waals surface area contributed by atoms with Crippen molar-refractivity contribution in [2.24, 2.45) is 0 Å². The third-order valence-electron chi connectivity index (χ3n) is 3.54. The summed E-state index contributed by atoms with van der Waals surface area (Å²) in [6.07, 6.45) is 0. The number of para-hydroxylation sites is 1. The van der Waals surface area contributed by atoms with Crippen LogP contribution in [0, 0.1) is 29.8 Å². The van der Waals surface area contributed by atoms with E-state index in [4.69, 9.17) is 9.47 Å². The molecule has 0 fully saturated rings. The number of ether oxygens (including phenoxy) is 2. The molecule has 142 valence electrons. The van der Waals surface area contributed by atoms with Crippen LogP contribution in [0.5, 0.6) is 5.75 Å². The number of hydrogen-bond donors (Lipinski definition) is 1. The van der Waals surface area contributed by atoms with E-state index in [1.165, 1.54) is 0 Å². The maximum atomic E-state index is 13.6. The molecular weight excluding hydrogens is 359 g/mol. The van der Waals surface area contributed by atoms with Crippen LogP contribution in [0.25, 0.3) is 0 Å². The average Bonchev–Trinajstić information content (AvgIpc) is 2.61. The van der Waals surface area contributed by atoms with Gasteiger partial charge in [0.2, 0.25) is 0 Å². The number of nitrogens with zero attached hydrogens (tertiary/aromatic N) is 1. The van der Waals surface area contributed by atoms with E-state index >= 15 is 0 Å². The molecule has 2 aromatic rings. The zero-order chi connectivity index (χ0) is 20.0. The Hall–Kier alpha value is -3.49. The fraction of sp³-hybridized carbons (Fsp3) is 0.222. The monoisotopic (exact) mass is 376 g/mol. The average molecular weight is 376 g/mol. The van der Waals surface area contributed by atoms with Gasteiger partial charge in [0.15, 0.2) is 13.2 Å². The van der Waals surface area contributed by atoms with E-state index in [0.29, 0.717) is 5.75 Å². The molecule has 0 saturated carbocycles. The van der Waals surface area contributed by atoms with Crippen LogP contribution in [-0.4, -0.2) is 30.0 Å². The van der Waals surface area contributed by atoms with Crippen LogP contribution < -0.4 is 10.1 Å². The van der Waals surface area contributed by atoms with Gasteiger partial charge < -0.3 is 14.8 Å². The first-order chi connectivity index (χ1) is 12.8. The quantitative estimate of drug-likeness (QED) is 0.452. The van der Waals surface area contributed by atoms with Crippen molar-refractivity contribution in [3.63, 3.8) is 0 Å². The Kier molecular flexibility index (Phi) is 6.42. The molecule has 8 nitrogen and oxygen atoms in total. The SMILES string of the molecule is Cc1cccc(C)c1OCC(=O)OCC(=O)Nc1cc([N+](=O)[O-])ccc1F. The van der Waals surface area contributed by atoms with Crippen LogP contribution in [0.2, 0.25) is 0 Å². The standard InChI is InChI=1S/C18H17FN2O6/c1-11-4-3-5-12(2)18(11)27-10-17(23)26-9-16(22)20-15-8-13(21(24)25)6-7-14(15)19/h3-8H,9-10H2,1-2H3,(H,20,22). The number of aryl methyl sites for hydroxylation is 2. The first-order valence-corrected chi connectivity index (χ1v) is 7.86. The normalized spacial score (nSPS) is 10.2. The summed E-state index contributed by atoms with van der Waals surface area (Å²) in [4.78, 5) is 33.4. The number of hydrogen-bond acceptors (Lipinski definition) is 6. The molecule has 0 aliphatic rings. The van der Waals surface area contributed by atoms with E-state index in [2.05, 4.69) is 5.32 Å². The molecule has 0 aromatic heterocycles. The Morgan fingerprint density at radius 2 is 1.81 bits per heavy atom. The Morgan fingerprint density at radius 3 is 2.44 bits per heavy atom. The first kappa shape index (κ1) is 19.8. The number of carbonyl (C=O) groups is 2. The Labute approximate surface area is 154 Å². The van der Waals surface area contributed by atoms with Crippen LogP contribution in [0.15, 0.2) is 36.4 Å². The molecule has 2 rings (SSSR count). The zero-order valence-electron chi connectivity index (χ0n) is 14.7. The summed E-state index contributed by atoms with van der Waals surface area (Å²) < 4.78 is 23.8. The number of nitro groups is 1. The fourth-order valence-electron chi connectivity index (χ4n) is 2.25. The van der Waals surface area contributed by atoms with Crippen molar-refractivity contribution >= 4 is 23.3 Å². The van der Waals surface area contributed by atoms with Gasteiger partial charge in [-0.25, -0.2) is 9.18 Å². The van der Waals surface area contributed by atoms with Crippen LogP contribution in [0.4, 0.5) is 15.8 Å². The molecule has 0 atom stereocenters. The van der Waals surface area contributed by atoms with Crippen molar-refractivity contribution in [2.45, 2.75) is 13.8 Å². The van der Waals surface area contributed by atoms with Crippen molar-refractivity contribution in [2.75, 3.05) is 18.5 Å². The van der Waals surface area contributed by atoms with Crippen molar-refractivity contribution in [1.29, 1.82) is 0 Å². The topological polar surface area (TPSA) is 108 Å². The number of esters is 1. The van der Waals surface area contributed by atoms with E-state index in [1.54, 1.807) is 0 Å². The molecule has 2 aromatic carbocycles. The minimum Gasteiger partial charge on any atom is -0.481 e. The third-order valence-corrected chi connectivity index (χ3v) is 3.54. The number of benzene rings is 2. The van der Waals surface area contributed by atoms with E-state index in [-0.39, 0.29) is 11.4 Å². The second-order valence-electron chi connectivity index (χ2n) is 5.64. The summed E-state index contributed by atoms with van der Waals surface area (Å²) in [5.41, 5.74) is 0.936. The summed E-state index contributed by atoms with van der Waals surface area (Å²) in [6, 6.07) is 8.21. The van der Waals surface area contributed by atoms with E-state index in [9.17, 15) is 24.1 Å². The highest BCUT2D eigenvalue weighted by atomic mass is 19.1. The molecule has 9 heteroatoms. The second kappa shape index (κ2) is 8.75. The minimum absolute atomic E-state index is 0.378. The summed E-state index contributed by atoms with van der Waals surface area (Å²) in [7, 11) is 0. The van der Waals surface area contributed by atoms with Gasteiger partial charge in [0, 0.05) is 12.1 Å². The predicted molar refractivity (Wildman–Crippen MR) is 94.1 cm³/mol. The molecule has 0 aliphatic heterocycles. The van der Waals surface area contributed by atoms with Gasteiger partial charge in [-0.1, -0.05) is 18.2 Å². The molecule has 0 heterocycles. The summed E-state index contributed by atoms with van der Waals surface area (Å²) in [5, 5.41) is 12.8. The molecular formula is C18H17FN2O6. The Balaban J connectivity index is 1.86. The van der Waals surface area contributed by atoms with Crippen LogP contribution in [0.3, 0.4) is 0 Å². The van der Waals surface area contributed by atoms with Gasteiger partial charge in [-0.15, -0.1) is 0 Å². The fourth-order valence-corrected chi connectivity index (χ4v) is 2.25. The Morgan fingerprint density at radius 1 is 1.15 bits per heavy atom. The summed E-state index contributed by atoms with van der Waals surface area (Å²) in [5.74, 6) is -1.92.